The Bertz CT molecular complexity index is 15.7. The number of rotatable bonds is 0. The Labute approximate surface area is 109 Å². The van der Waals surface area contributed by atoms with E-state index in [-0.39, 0.29) is 111 Å². The van der Waals surface area contributed by atoms with E-state index in [2.05, 4.69) is 0 Å². The van der Waals surface area contributed by atoms with E-state index in [1.54, 1.807) is 0 Å². The van der Waals surface area contributed by atoms with Gasteiger partial charge in [-0.3, -0.25) is 0 Å². The van der Waals surface area contributed by atoms with E-state index < -0.39 is 0 Å². The zero-order valence-electron chi connectivity index (χ0n) is 1.91. The molecule has 2 N–H and O–H groups in total. The van der Waals surface area contributed by atoms with Gasteiger partial charge in [-0.1, -0.05) is 0 Å². The van der Waals surface area contributed by atoms with E-state index in [9.17, 15) is 0 Å². The molecule has 1 nitrogen and oxygen atoms in total. The Kier molecular flexibility index (Phi) is 730. The van der Waals surface area contributed by atoms with E-state index in [0.29, 0.717) is 0 Å². The third-order valence-electron chi connectivity index (χ3n) is 0. The quantitative estimate of drug-likeness (QED) is 0.446. The van der Waals surface area contributed by atoms with Crippen molar-refractivity contribution in [1.29, 1.82) is 0 Å². The molecule has 0 bridgehead atoms. The molecule has 0 spiro atoms. The normalized spacial score (nSPS) is 0. The fourth-order valence-electron chi connectivity index (χ4n) is 0. The molecule has 0 amide bonds. The van der Waals surface area contributed by atoms with Crippen molar-refractivity contribution >= 4 is 37.7 Å². The Morgan fingerprint density at radius 2 is 0.714 bits per heavy atom. The third-order valence-corrected chi connectivity index (χ3v) is 0. The van der Waals surface area contributed by atoms with Crippen molar-refractivity contribution in [3.63, 3.8) is 0 Å². The molecule has 0 aliphatic heterocycles. The average molecular weight is 261 g/mol. The van der Waals surface area contributed by atoms with Gasteiger partial charge in [0.2, 0.25) is 0 Å². The summed E-state index contributed by atoms with van der Waals surface area (Å²) in [5, 5.41) is 0. The summed E-state index contributed by atoms with van der Waals surface area (Å²) in [5.41, 5.74) is 0. The Morgan fingerprint density at radius 1 is 0.714 bits per heavy atom. The van der Waals surface area contributed by atoms with Crippen molar-refractivity contribution < 1.29 is 72.9 Å². The summed E-state index contributed by atoms with van der Waals surface area (Å²) in [4.78, 5) is 0. The van der Waals surface area contributed by atoms with E-state index in [1.165, 1.54) is 0 Å². The van der Waals surface area contributed by atoms with Gasteiger partial charge >= 0.3 is 37.7 Å². The summed E-state index contributed by atoms with van der Waals surface area (Å²) in [6, 6.07) is 0. The molecule has 0 aromatic heterocycles. The van der Waals surface area contributed by atoms with Crippen LogP contribution in [-0.2, 0) is 67.4 Å². The summed E-state index contributed by atoms with van der Waals surface area (Å²) in [5.74, 6) is 0. The maximum atomic E-state index is 0. The van der Waals surface area contributed by atoms with Crippen LogP contribution in [0, 0.1) is 0 Å². The van der Waals surface area contributed by atoms with Gasteiger partial charge < -0.3 is 5.48 Å². The second-order valence-corrected chi connectivity index (χ2v) is 0. The molecule has 3 radical (unpaired) electrons. The first-order valence-corrected chi connectivity index (χ1v) is 0. The van der Waals surface area contributed by atoms with Crippen LogP contribution in [0.3, 0.4) is 0 Å². The van der Waals surface area contributed by atoms with Gasteiger partial charge in [0.15, 0.2) is 0 Å². The minimum absolute atomic E-state index is 0. The largest absolute Gasteiger partial charge is 0 e. The summed E-state index contributed by atoms with van der Waals surface area (Å²) >= 11 is 0. The number of hydrogen-bond acceptors (Lipinski definition) is 0. The van der Waals surface area contributed by atoms with Gasteiger partial charge in [-0.05, 0) is 0 Å². The fraction of sp³-hybridized carbons (Fsp3) is 0. The molecule has 0 fully saturated rings. The minimum Gasteiger partial charge on any atom is 0 e. The van der Waals surface area contributed by atoms with E-state index in [1.807, 2.05) is 0 Å². The maximum Gasteiger partial charge on any atom is 0 e. The zero-order chi connectivity index (χ0) is 0. The van der Waals surface area contributed by atoms with E-state index in [0.717, 1.165) is 0 Å². The maximum absolute atomic E-state index is 0. The predicted molar refractivity (Wildman–Crippen MR) is 17.9 cm³/mol. The molecule has 7 heteroatoms. The molecule has 0 aliphatic rings. The third kappa shape index (κ3) is 46.6. The van der Waals surface area contributed by atoms with Gasteiger partial charge in [0, 0.05) is 67.4 Å². The number of hydrogen-bond donors (Lipinski definition) is 0. The molecule has 0 atom stereocenters. The van der Waals surface area contributed by atoms with Crippen LogP contribution in [0.25, 0.3) is 0 Å². The Hall–Kier alpha value is 3.19. The SMILES string of the molecule is O.[Co].[LiH].[LiH].[Mn].[Mn].[Ni]. The fourth-order valence-corrected chi connectivity index (χ4v) is 0. The molecule has 0 saturated carbocycles. The molecule has 7 heavy (non-hydrogen) atoms. The van der Waals surface area contributed by atoms with E-state index in [4.69, 9.17) is 0 Å². The second kappa shape index (κ2) is 60.5. The van der Waals surface area contributed by atoms with Gasteiger partial charge in [-0.15, -0.1) is 0 Å². The van der Waals surface area contributed by atoms with Gasteiger partial charge in [-0.2, -0.15) is 0 Å². The summed E-state index contributed by atoms with van der Waals surface area (Å²) in [6.07, 6.45) is 0. The molecular weight excluding hydrogens is 257 g/mol. The van der Waals surface area contributed by atoms with Crippen molar-refractivity contribution in [2.24, 2.45) is 0 Å². The molecule has 0 aliphatic carbocycles. The standard InChI is InChI=1S/Co.2Li.2Mn.Ni.H2O.2H/h;;;;;;1H2;;. The predicted octanol–water partition coefficient (Wildman–Crippen LogP) is -2.13. The van der Waals surface area contributed by atoms with Crippen LogP contribution >= 0.6 is 0 Å². The van der Waals surface area contributed by atoms with Gasteiger partial charge in [0.25, 0.3) is 0 Å². The van der Waals surface area contributed by atoms with Crippen LogP contribution in [0.1, 0.15) is 0 Å². The van der Waals surface area contributed by atoms with Crippen LogP contribution in [0.2, 0.25) is 0 Å². The molecule has 0 aromatic carbocycles. The molecule has 0 saturated heterocycles. The van der Waals surface area contributed by atoms with Gasteiger partial charge in [0.05, 0.1) is 0 Å². The van der Waals surface area contributed by atoms with Crippen LogP contribution in [0.5, 0.6) is 0 Å². The first-order chi connectivity index (χ1) is 0. The van der Waals surface area contributed by atoms with Crippen LogP contribution in [0.4, 0.5) is 0 Å². The molecule has 0 aromatic rings. The Morgan fingerprint density at radius 3 is 0.714 bits per heavy atom. The summed E-state index contributed by atoms with van der Waals surface area (Å²) in [7, 11) is 0. The topological polar surface area (TPSA) is 31.5 Å². The smallest absolute Gasteiger partial charge is 0 e. The van der Waals surface area contributed by atoms with E-state index >= 15 is 0 Å². The van der Waals surface area contributed by atoms with Crippen molar-refractivity contribution in [2.45, 2.75) is 0 Å². The molecule has 0 heterocycles. The van der Waals surface area contributed by atoms with Crippen LogP contribution in [-0.4, -0.2) is 43.2 Å². The van der Waals surface area contributed by atoms with Crippen molar-refractivity contribution in [3.05, 3.63) is 0 Å². The van der Waals surface area contributed by atoms with Crippen molar-refractivity contribution in [1.82, 2.24) is 0 Å². The average Bonchev–Trinajstić information content (AvgIpc) is 0. The molecular formula is H4CoLi2Mn2NiO. The van der Waals surface area contributed by atoms with Gasteiger partial charge in [-0.25, -0.2) is 0 Å². The Balaban J connectivity index is 0. The van der Waals surface area contributed by atoms with Crippen LogP contribution < -0.4 is 0 Å². The van der Waals surface area contributed by atoms with Crippen molar-refractivity contribution in [2.75, 3.05) is 0 Å². The zero-order valence-corrected chi connectivity index (χ0v) is 6.29. The van der Waals surface area contributed by atoms with Crippen molar-refractivity contribution in [3.8, 4) is 0 Å². The summed E-state index contributed by atoms with van der Waals surface area (Å²) in [6.45, 7) is 0. The molecule has 45 valence electrons. The van der Waals surface area contributed by atoms with Gasteiger partial charge in [0.1, 0.15) is 0 Å². The van der Waals surface area contributed by atoms with Crippen LogP contribution in [0.15, 0.2) is 0 Å². The minimum atomic E-state index is 0. The summed E-state index contributed by atoms with van der Waals surface area (Å²) < 4.78 is 0. The molecule has 0 rings (SSSR count). The first-order valence-electron chi connectivity index (χ1n) is 0. The second-order valence-electron chi connectivity index (χ2n) is 0. The first kappa shape index (κ1) is 84.5. The monoisotopic (exact) mass is 261 g/mol. The molecule has 0 unspecified atom stereocenters.